The summed E-state index contributed by atoms with van der Waals surface area (Å²) >= 11 is 6.00. The van der Waals surface area contributed by atoms with Crippen LogP contribution in [0.15, 0.2) is 51.9 Å². The van der Waals surface area contributed by atoms with Crippen molar-refractivity contribution in [2.24, 2.45) is 5.10 Å². The number of rotatable bonds is 5. The molecule has 0 aliphatic carbocycles. The predicted molar refractivity (Wildman–Crippen MR) is 111 cm³/mol. The molecule has 0 spiro atoms. The Bertz CT molecular complexity index is 914. The van der Waals surface area contributed by atoms with Crippen LogP contribution in [-0.4, -0.2) is 22.2 Å². The number of benzene rings is 1. The highest BCUT2D eigenvalue weighted by molar-refractivity contribution is 9.11. The van der Waals surface area contributed by atoms with E-state index in [0.717, 1.165) is 20.4 Å². The average Bonchev–Trinajstić information content (AvgIpc) is 3.07. The number of thioether (sulfide) groups is 1. The molecule has 1 atom stereocenters. The lowest BCUT2D eigenvalue weighted by molar-refractivity contribution is -0.123. The van der Waals surface area contributed by atoms with Crippen LogP contribution in [0.4, 0.5) is 10.1 Å². The van der Waals surface area contributed by atoms with Crippen LogP contribution in [0.1, 0.15) is 11.3 Å². The summed E-state index contributed by atoms with van der Waals surface area (Å²) in [7, 11) is 0. The number of hydrogen-bond acceptors (Lipinski definition) is 6. The van der Waals surface area contributed by atoms with Crippen molar-refractivity contribution in [3.8, 4) is 0 Å². The van der Waals surface area contributed by atoms with Crippen LogP contribution in [0.25, 0.3) is 5.70 Å². The van der Waals surface area contributed by atoms with Crippen LogP contribution in [0.5, 0.6) is 0 Å². The molecule has 0 unspecified atom stereocenters. The van der Waals surface area contributed by atoms with Crippen LogP contribution in [0.2, 0.25) is 0 Å². The van der Waals surface area contributed by atoms with Gasteiger partial charge in [-0.25, -0.2) is 4.39 Å². The number of carbonyl (C=O) groups is 2. The van der Waals surface area contributed by atoms with Crippen molar-refractivity contribution in [2.75, 3.05) is 5.32 Å². The lowest BCUT2D eigenvalue weighted by Gasteiger charge is -2.22. The van der Waals surface area contributed by atoms with Gasteiger partial charge in [0.05, 0.1) is 14.4 Å². The summed E-state index contributed by atoms with van der Waals surface area (Å²) < 4.78 is 13.9. The Hall–Kier alpha value is -2.17. The van der Waals surface area contributed by atoms with Crippen molar-refractivity contribution in [1.82, 2.24) is 10.7 Å². The smallest absolute Gasteiger partial charge is 0.238 e. The Balaban J connectivity index is 1.62. The van der Waals surface area contributed by atoms with Crippen LogP contribution < -0.4 is 16.1 Å². The zero-order chi connectivity index (χ0) is 19.4. The molecule has 1 aromatic heterocycles. The second-order valence-electron chi connectivity index (χ2n) is 5.47. The van der Waals surface area contributed by atoms with Gasteiger partial charge in [-0.3, -0.25) is 15.0 Å². The third kappa shape index (κ3) is 5.41. The molecule has 10 heteroatoms. The maximum Gasteiger partial charge on any atom is 0.238 e. The number of nitrogens with one attached hydrogen (secondary N) is 3. The fraction of sp³-hybridized carbons (Fsp3) is 0.118. The second-order valence-corrected chi connectivity index (χ2v) is 9.12. The van der Waals surface area contributed by atoms with E-state index in [1.54, 1.807) is 0 Å². The molecular weight excluding hydrogens is 455 g/mol. The monoisotopic (exact) mass is 468 g/mol. The van der Waals surface area contributed by atoms with Crippen LogP contribution >= 0.6 is 39.0 Å². The molecule has 140 valence electrons. The first-order valence-corrected chi connectivity index (χ1v) is 10.2. The second kappa shape index (κ2) is 8.68. The molecule has 3 N–H and O–H groups in total. The summed E-state index contributed by atoms with van der Waals surface area (Å²) in [5.41, 5.74) is 3.83. The first kappa shape index (κ1) is 19.6. The van der Waals surface area contributed by atoms with E-state index >= 15 is 0 Å². The largest absolute Gasteiger partial charge is 0.325 e. The van der Waals surface area contributed by atoms with Gasteiger partial charge in [-0.05, 0) is 52.3 Å². The van der Waals surface area contributed by atoms with Gasteiger partial charge in [0.1, 0.15) is 11.1 Å². The van der Waals surface area contributed by atoms with Gasteiger partial charge < -0.3 is 10.6 Å². The van der Waals surface area contributed by atoms with E-state index < -0.39 is 11.1 Å². The number of halogens is 2. The minimum Gasteiger partial charge on any atom is -0.325 e. The van der Waals surface area contributed by atoms with Crippen LogP contribution in [-0.2, 0) is 9.59 Å². The lowest BCUT2D eigenvalue weighted by Crippen LogP contribution is -2.42. The summed E-state index contributed by atoms with van der Waals surface area (Å²) in [6.45, 7) is 3.90. The van der Waals surface area contributed by atoms with Gasteiger partial charge in [0, 0.05) is 12.1 Å². The molecule has 1 aromatic carbocycles. The van der Waals surface area contributed by atoms with Crippen molar-refractivity contribution in [3.05, 3.63) is 57.5 Å². The molecule has 2 amide bonds. The minimum absolute atomic E-state index is 0.0233. The first-order valence-electron chi connectivity index (χ1n) is 7.72. The number of anilines is 1. The van der Waals surface area contributed by atoms with Crippen molar-refractivity contribution in [3.63, 3.8) is 0 Å². The highest BCUT2D eigenvalue weighted by Gasteiger charge is 2.30. The van der Waals surface area contributed by atoms with Gasteiger partial charge in [0.2, 0.25) is 11.8 Å². The molecule has 2 aromatic rings. The molecule has 0 saturated carbocycles. The lowest BCUT2D eigenvalue weighted by atomic mass is 10.2. The molecule has 1 aliphatic heterocycles. The third-order valence-electron chi connectivity index (χ3n) is 3.44. The SMILES string of the molecule is C=C(N/N=C1\NC(=O)C[C@@H](C(=O)Nc2ccc(F)cc2)S1)c1ccc(Br)s1. The van der Waals surface area contributed by atoms with E-state index in [1.807, 2.05) is 12.1 Å². The molecule has 6 nitrogen and oxygen atoms in total. The Labute approximate surface area is 171 Å². The first-order chi connectivity index (χ1) is 12.9. The van der Waals surface area contributed by atoms with Crippen LogP contribution in [0, 0.1) is 5.82 Å². The zero-order valence-electron chi connectivity index (χ0n) is 13.8. The number of hydrogen-bond donors (Lipinski definition) is 3. The molecule has 1 fully saturated rings. The van der Waals surface area contributed by atoms with Gasteiger partial charge in [-0.2, -0.15) is 0 Å². The van der Waals surface area contributed by atoms with Gasteiger partial charge in [0.15, 0.2) is 5.17 Å². The number of amides is 2. The highest BCUT2D eigenvalue weighted by atomic mass is 79.9. The Morgan fingerprint density at radius 2 is 2.04 bits per heavy atom. The average molecular weight is 469 g/mol. The maximum absolute atomic E-state index is 13.0. The topological polar surface area (TPSA) is 82.6 Å². The minimum atomic E-state index is -0.645. The van der Waals surface area contributed by atoms with E-state index in [1.165, 1.54) is 35.6 Å². The molecule has 1 aliphatic rings. The van der Waals surface area contributed by atoms with Crippen molar-refractivity contribution < 1.29 is 14.0 Å². The number of amidine groups is 1. The number of thiophene rings is 1. The van der Waals surface area contributed by atoms with E-state index in [2.05, 4.69) is 43.7 Å². The summed E-state index contributed by atoms with van der Waals surface area (Å²) in [5.74, 6) is -1.05. The van der Waals surface area contributed by atoms with E-state index in [9.17, 15) is 14.0 Å². The molecule has 3 rings (SSSR count). The van der Waals surface area contributed by atoms with Gasteiger partial charge in [-0.15, -0.1) is 16.4 Å². The van der Waals surface area contributed by atoms with Crippen molar-refractivity contribution in [1.29, 1.82) is 0 Å². The van der Waals surface area contributed by atoms with E-state index in [-0.39, 0.29) is 23.4 Å². The molecular formula is C17H14BrFN4O2S2. The van der Waals surface area contributed by atoms with Crippen molar-refractivity contribution in [2.45, 2.75) is 11.7 Å². The van der Waals surface area contributed by atoms with Gasteiger partial charge >= 0.3 is 0 Å². The summed E-state index contributed by atoms with van der Waals surface area (Å²) in [5, 5.41) is 9.06. The maximum atomic E-state index is 13.0. The fourth-order valence-corrected chi connectivity index (χ4v) is 4.40. The summed E-state index contributed by atoms with van der Waals surface area (Å²) in [4.78, 5) is 25.2. The van der Waals surface area contributed by atoms with Crippen molar-refractivity contribution >= 4 is 67.4 Å². The fourth-order valence-electron chi connectivity index (χ4n) is 2.15. The third-order valence-corrected chi connectivity index (χ3v) is 6.20. The number of carbonyl (C=O) groups excluding carboxylic acids is 2. The summed E-state index contributed by atoms with van der Waals surface area (Å²) in [6, 6.07) is 9.20. The Kier molecular flexibility index (Phi) is 6.30. The van der Waals surface area contributed by atoms with Crippen LogP contribution in [0.3, 0.4) is 0 Å². The normalized spacial score (nSPS) is 18.1. The standard InChI is InChI=1S/C17H14BrFN4O2S2/c1-9(12-6-7-14(18)26-12)22-23-17-21-15(24)8-13(27-17)16(25)20-11-4-2-10(19)3-5-11/h2-7,13,22H,1,8H2,(H,20,25)(H,21,23,24)/t13-/m0/s1. The molecule has 27 heavy (non-hydrogen) atoms. The zero-order valence-corrected chi connectivity index (χ0v) is 17.0. The number of nitrogens with zero attached hydrogens (tertiary/aromatic N) is 1. The molecule has 1 saturated heterocycles. The van der Waals surface area contributed by atoms with Gasteiger partial charge in [-0.1, -0.05) is 18.3 Å². The quantitative estimate of drug-likeness (QED) is 0.583. The molecule has 0 radical (unpaired) electrons. The Morgan fingerprint density at radius 1 is 1.30 bits per heavy atom. The molecule has 2 heterocycles. The predicted octanol–water partition coefficient (Wildman–Crippen LogP) is 3.74. The highest BCUT2D eigenvalue weighted by Crippen LogP contribution is 2.26. The Morgan fingerprint density at radius 3 is 2.70 bits per heavy atom. The van der Waals surface area contributed by atoms with E-state index in [0.29, 0.717) is 11.4 Å². The summed E-state index contributed by atoms with van der Waals surface area (Å²) in [6.07, 6.45) is 0.0233. The van der Waals surface area contributed by atoms with E-state index in [4.69, 9.17) is 0 Å². The van der Waals surface area contributed by atoms with Gasteiger partial charge in [0.25, 0.3) is 0 Å². The molecule has 0 bridgehead atoms. The number of hydrazone groups is 1.